The first kappa shape index (κ1) is 17.7. The smallest absolute Gasteiger partial charge is 0.207 e. The van der Waals surface area contributed by atoms with Crippen molar-refractivity contribution in [3.8, 4) is 12.3 Å². The highest BCUT2D eigenvalue weighted by atomic mass is 32.2. The molecule has 0 atom stereocenters. The third-order valence-electron chi connectivity index (χ3n) is 3.43. The summed E-state index contributed by atoms with van der Waals surface area (Å²) in [5.41, 5.74) is 1.05. The van der Waals surface area contributed by atoms with Crippen molar-refractivity contribution in [1.82, 2.24) is 4.31 Å². The molecule has 0 aliphatic heterocycles. The second kappa shape index (κ2) is 8.86. The third-order valence-corrected chi connectivity index (χ3v) is 5.34. The number of nitrogens with zero attached hydrogens (tertiary/aromatic N) is 1. The van der Waals surface area contributed by atoms with E-state index >= 15 is 0 Å². The summed E-state index contributed by atoms with van der Waals surface area (Å²) in [7, 11) is -3.44. The summed E-state index contributed by atoms with van der Waals surface area (Å²) in [6.45, 7) is 5.01. The van der Waals surface area contributed by atoms with Crippen LogP contribution in [0.4, 0.5) is 0 Å². The number of hydrogen-bond acceptors (Lipinski definition) is 2. The maximum absolute atomic E-state index is 12.7. The number of benzene rings is 1. The molecule has 0 saturated carbocycles. The Bertz CT molecular complexity index is 555. The van der Waals surface area contributed by atoms with Gasteiger partial charge in [0.15, 0.2) is 0 Å². The first-order valence-electron chi connectivity index (χ1n) is 7.52. The molecular weight excluding hydrogens is 282 g/mol. The molecule has 0 heterocycles. The number of rotatable bonds is 9. The molecule has 0 N–H and O–H groups in total. The van der Waals surface area contributed by atoms with Crippen molar-refractivity contribution in [2.75, 3.05) is 13.1 Å². The van der Waals surface area contributed by atoms with Crippen molar-refractivity contribution in [3.05, 3.63) is 29.8 Å². The van der Waals surface area contributed by atoms with Gasteiger partial charge in [0.1, 0.15) is 0 Å². The lowest BCUT2D eigenvalue weighted by molar-refractivity contribution is 0.404. The number of sulfonamides is 1. The highest BCUT2D eigenvalue weighted by Gasteiger charge is 2.23. The van der Waals surface area contributed by atoms with Gasteiger partial charge < -0.3 is 0 Å². The fourth-order valence-electron chi connectivity index (χ4n) is 2.12. The summed E-state index contributed by atoms with van der Waals surface area (Å²) in [5, 5.41) is 0. The Morgan fingerprint density at radius 1 is 1.10 bits per heavy atom. The van der Waals surface area contributed by atoms with Gasteiger partial charge in [0.2, 0.25) is 10.0 Å². The van der Waals surface area contributed by atoms with E-state index < -0.39 is 10.0 Å². The van der Waals surface area contributed by atoms with Crippen LogP contribution in [0.25, 0.3) is 0 Å². The second-order valence-corrected chi connectivity index (χ2v) is 7.17. The Balaban J connectivity index is 2.84. The number of terminal acetylenes is 1. The Labute approximate surface area is 129 Å². The Morgan fingerprint density at radius 3 is 2.33 bits per heavy atom. The molecule has 21 heavy (non-hydrogen) atoms. The molecule has 0 spiro atoms. The van der Waals surface area contributed by atoms with Crippen LogP contribution in [-0.2, 0) is 10.0 Å². The van der Waals surface area contributed by atoms with E-state index in [-0.39, 0.29) is 0 Å². The predicted molar refractivity (Wildman–Crippen MR) is 87.5 cm³/mol. The van der Waals surface area contributed by atoms with E-state index in [4.69, 9.17) is 6.42 Å². The number of aryl methyl sites for hydroxylation is 1. The number of unbranched alkanes of at least 4 members (excludes halogenated alkanes) is 3. The molecule has 0 saturated heterocycles. The van der Waals surface area contributed by atoms with Crippen molar-refractivity contribution in [3.63, 3.8) is 0 Å². The Kier molecular flexibility index (Phi) is 7.49. The summed E-state index contributed by atoms with van der Waals surface area (Å²) >= 11 is 0. The van der Waals surface area contributed by atoms with Crippen LogP contribution in [0.15, 0.2) is 29.2 Å². The van der Waals surface area contributed by atoms with Crippen LogP contribution in [0.5, 0.6) is 0 Å². The first-order chi connectivity index (χ1) is 10.0. The fourth-order valence-corrected chi connectivity index (χ4v) is 3.59. The predicted octanol–water partition coefficient (Wildman–Crippen LogP) is 3.59. The first-order valence-corrected chi connectivity index (χ1v) is 8.96. The molecule has 1 aromatic rings. The summed E-state index contributed by atoms with van der Waals surface area (Å²) in [6.07, 6.45) is 9.92. The molecule has 3 nitrogen and oxygen atoms in total. The van der Waals surface area contributed by atoms with Gasteiger partial charge in [-0.1, -0.05) is 43.9 Å². The normalized spacial score (nSPS) is 11.5. The van der Waals surface area contributed by atoms with Crippen molar-refractivity contribution in [1.29, 1.82) is 0 Å². The SMILES string of the molecule is C#CCCN(CCCCCC)S(=O)(=O)c1ccc(C)cc1. The minimum absolute atomic E-state index is 0.348. The zero-order chi connectivity index (χ0) is 15.7. The van der Waals surface area contributed by atoms with Gasteiger partial charge in [-0.15, -0.1) is 12.3 Å². The standard InChI is InChI=1S/C17H25NO2S/c1-4-6-8-9-15-18(14-7-5-2)21(19,20)17-12-10-16(3)11-13-17/h2,10-13H,4,6-9,14-15H2,1,3H3. The van der Waals surface area contributed by atoms with Gasteiger partial charge in [-0.2, -0.15) is 4.31 Å². The van der Waals surface area contributed by atoms with Crippen molar-refractivity contribution < 1.29 is 8.42 Å². The quantitative estimate of drug-likeness (QED) is 0.516. The van der Waals surface area contributed by atoms with Gasteiger partial charge in [-0.25, -0.2) is 8.42 Å². The molecule has 0 unspecified atom stereocenters. The zero-order valence-electron chi connectivity index (χ0n) is 13.0. The highest BCUT2D eigenvalue weighted by Crippen LogP contribution is 2.17. The van der Waals surface area contributed by atoms with Gasteiger partial charge in [0, 0.05) is 19.5 Å². The van der Waals surface area contributed by atoms with Crippen LogP contribution in [0, 0.1) is 19.3 Å². The average molecular weight is 307 g/mol. The lowest BCUT2D eigenvalue weighted by atomic mass is 10.2. The molecule has 116 valence electrons. The molecule has 0 aliphatic rings. The van der Waals surface area contributed by atoms with Gasteiger partial charge in [0.25, 0.3) is 0 Å². The van der Waals surface area contributed by atoms with Crippen LogP contribution in [0.3, 0.4) is 0 Å². The van der Waals surface area contributed by atoms with Crippen molar-refractivity contribution >= 4 is 10.0 Å². The molecule has 1 aromatic carbocycles. The van der Waals surface area contributed by atoms with E-state index in [1.807, 2.05) is 19.1 Å². The topological polar surface area (TPSA) is 37.4 Å². The van der Waals surface area contributed by atoms with Crippen LogP contribution in [0.2, 0.25) is 0 Å². The largest absolute Gasteiger partial charge is 0.243 e. The van der Waals surface area contributed by atoms with Crippen molar-refractivity contribution in [2.24, 2.45) is 0 Å². The Morgan fingerprint density at radius 2 is 1.76 bits per heavy atom. The molecule has 1 rings (SSSR count). The second-order valence-electron chi connectivity index (χ2n) is 5.23. The van der Waals surface area contributed by atoms with Crippen LogP contribution in [-0.4, -0.2) is 25.8 Å². The molecule has 0 amide bonds. The lowest BCUT2D eigenvalue weighted by Gasteiger charge is -2.21. The molecule has 0 fully saturated rings. The van der Waals surface area contributed by atoms with Gasteiger partial charge in [0.05, 0.1) is 4.90 Å². The molecule has 0 radical (unpaired) electrons. The van der Waals surface area contributed by atoms with E-state index in [1.165, 1.54) is 4.31 Å². The maximum Gasteiger partial charge on any atom is 0.243 e. The molecule has 4 heteroatoms. The van der Waals surface area contributed by atoms with Gasteiger partial charge in [-0.05, 0) is 25.5 Å². The lowest BCUT2D eigenvalue weighted by Crippen LogP contribution is -2.33. The third kappa shape index (κ3) is 5.53. The molecular formula is C17H25NO2S. The number of hydrogen-bond donors (Lipinski definition) is 0. The monoisotopic (exact) mass is 307 g/mol. The molecule has 0 bridgehead atoms. The zero-order valence-corrected chi connectivity index (χ0v) is 13.8. The van der Waals surface area contributed by atoms with E-state index in [1.54, 1.807) is 12.1 Å². The van der Waals surface area contributed by atoms with Gasteiger partial charge >= 0.3 is 0 Å². The maximum atomic E-state index is 12.7. The summed E-state index contributed by atoms with van der Waals surface area (Å²) in [4.78, 5) is 0.348. The van der Waals surface area contributed by atoms with Crippen molar-refractivity contribution in [2.45, 2.75) is 50.8 Å². The Hall–Kier alpha value is -1.31. The summed E-state index contributed by atoms with van der Waals surface area (Å²) in [5.74, 6) is 2.53. The van der Waals surface area contributed by atoms with E-state index in [9.17, 15) is 8.42 Å². The van der Waals surface area contributed by atoms with E-state index in [0.29, 0.717) is 24.4 Å². The summed E-state index contributed by atoms with van der Waals surface area (Å²) < 4.78 is 26.9. The van der Waals surface area contributed by atoms with E-state index in [2.05, 4.69) is 12.8 Å². The van der Waals surface area contributed by atoms with Crippen LogP contribution in [0.1, 0.15) is 44.6 Å². The minimum Gasteiger partial charge on any atom is -0.207 e. The van der Waals surface area contributed by atoms with Crippen LogP contribution < -0.4 is 0 Å². The van der Waals surface area contributed by atoms with Crippen LogP contribution >= 0.6 is 0 Å². The van der Waals surface area contributed by atoms with Gasteiger partial charge in [-0.3, -0.25) is 0 Å². The average Bonchev–Trinajstić information content (AvgIpc) is 2.46. The summed E-state index contributed by atoms with van der Waals surface area (Å²) in [6, 6.07) is 6.98. The molecule has 0 aliphatic carbocycles. The highest BCUT2D eigenvalue weighted by molar-refractivity contribution is 7.89. The minimum atomic E-state index is -3.44. The fraction of sp³-hybridized carbons (Fsp3) is 0.529. The van der Waals surface area contributed by atoms with E-state index in [0.717, 1.165) is 31.2 Å². The molecule has 0 aromatic heterocycles.